The van der Waals surface area contributed by atoms with Gasteiger partial charge in [-0.25, -0.2) is 4.79 Å². The molecular formula is C19H20ClNO4. The first kappa shape index (κ1) is 18.8. The van der Waals surface area contributed by atoms with Gasteiger partial charge in [0.15, 0.2) is 6.10 Å². The lowest BCUT2D eigenvalue weighted by atomic mass is 10.1. The Labute approximate surface area is 151 Å². The first-order valence-corrected chi connectivity index (χ1v) is 8.12. The Kier molecular flexibility index (Phi) is 6.04. The molecule has 2 aromatic rings. The SMILES string of the molecule is COC(=O)c1ccc(NC(=O)C(C)Oc2ccc(Cl)cc2C)c(C)c1. The number of hydrogen-bond acceptors (Lipinski definition) is 4. The number of esters is 1. The van der Waals surface area contributed by atoms with Gasteiger partial charge in [0.1, 0.15) is 5.75 Å². The van der Waals surface area contributed by atoms with Gasteiger partial charge in [0.05, 0.1) is 12.7 Å². The van der Waals surface area contributed by atoms with Gasteiger partial charge in [0, 0.05) is 10.7 Å². The molecule has 0 aliphatic rings. The van der Waals surface area contributed by atoms with Crippen LogP contribution in [0, 0.1) is 13.8 Å². The van der Waals surface area contributed by atoms with Crippen molar-refractivity contribution >= 4 is 29.2 Å². The van der Waals surface area contributed by atoms with Crippen LogP contribution in [0.2, 0.25) is 5.02 Å². The van der Waals surface area contributed by atoms with E-state index in [9.17, 15) is 9.59 Å². The molecule has 132 valence electrons. The Balaban J connectivity index is 2.07. The monoisotopic (exact) mass is 361 g/mol. The zero-order valence-corrected chi connectivity index (χ0v) is 15.3. The lowest BCUT2D eigenvalue weighted by Gasteiger charge is -2.17. The maximum Gasteiger partial charge on any atom is 0.337 e. The Morgan fingerprint density at radius 1 is 1.08 bits per heavy atom. The van der Waals surface area contributed by atoms with Gasteiger partial charge in [-0.2, -0.15) is 0 Å². The van der Waals surface area contributed by atoms with Crippen LogP contribution in [0.1, 0.15) is 28.4 Å². The second-order valence-corrected chi connectivity index (χ2v) is 6.12. The minimum atomic E-state index is -0.695. The standard InChI is InChI=1S/C19H20ClNO4/c1-11-9-14(19(23)24-4)5-7-16(11)21-18(22)13(3)25-17-8-6-15(20)10-12(17)2/h5-10,13H,1-4H3,(H,21,22). The van der Waals surface area contributed by atoms with E-state index < -0.39 is 12.1 Å². The maximum atomic E-state index is 12.4. The average Bonchev–Trinajstić information content (AvgIpc) is 2.58. The van der Waals surface area contributed by atoms with Crippen LogP contribution in [0.15, 0.2) is 36.4 Å². The Morgan fingerprint density at radius 3 is 2.40 bits per heavy atom. The van der Waals surface area contributed by atoms with E-state index in [2.05, 4.69) is 10.1 Å². The molecular weight excluding hydrogens is 342 g/mol. The van der Waals surface area contributed by atoms with Crippen molar-refractivity contribution in [2.45, 2.75) is 26.9 Å². The molecule has 0 heterocycles. The average molecular weight is 362 g/mol. The van der Waals surface area contributed by atoms with E-state index >= 15 is 0 Å². The first-order chi connectivity index (χ1) is 11.8. The number of anilines is 1. The Hall–Kier alpha value is -2.53. The number of ether oxygens (including phenoxy) is 2. The minimum Gasteiger partial charge on any atom is -0.481 e. The summed E-state index contributed by atoms with van der Waals surface area (Å²) >= 11 is 5.92. The summed E-state index contributed by atoms with van der Waals surface area (Å²) < 4.78 is 10.4. The molecule has 5 nitrogen and oxygen atoms in total. The van der Waals surface area contributed by atoms with Gasteiger partial charge in [-0.15, -0.1) is 0 Å². The summed E-state index contributed by atoms with van der Waals surface area (Å²) in [6.07, 6.45) is -0.695. The van der Waals surface area contributed by atoms with Crippen molar-refractivity contribution in [1.82, 2.24) is 0 Å². The molecule has 0 saturated carbocycles. The number of nitrogens with one attached hydrogen (secondary N) is 1. The van der Waals surface area contributed by atoms with Gasteiger partial charge < -0.3 is 14.8 Å². The highest BCUT2D eigenvalue weighted by Gasteiger charge is 2.17. The number of methoxy groups -OCH3 is 1. The molecule has 0 spiro atoms. The molecule has 0 aliphatic heterocycles. The van der Waals surface area contributed by atoms with E-state index in [-0.39, 0.29) is 5.91 Å². The molecule has 1 unspecified atom stereocenters. The Morgan fingerprint density at radius 2 is 1.80 bits per heavy atom. The van der Waals surface area contributed by atoms with E-state index in [4.69, 9.17) is 16.3 Å². The number of benzene rings is 2. The Bertz CT molecular complexity index is 804. The molecule has 0 aromatic heterocycles. The van der Waals surface area contributed by atoms with Crippen molar-refractivity contribution < 1.29 is 19.1 Å². The number of rotatable bonds is 5. The molecule has 25 heavy (non-hydrogen) atoms. The molecule has 1 atom stereocenters. The number of aryl methyl sites for hydroxylation is 2. The maximum absolute atomic E-state index is 12.4. The van der Waals surface area contributed by atoms with Crippen LogP contribution < -0.4 is 10.1 Å². The molecule has 0 saturated heterocycles. The molecule has 0 aliphatic carbocycles. The number of amides is 1. The van der Waals surface area contributed by atoms with Crippen molar-refractivity contribution in [2.24, 2.45) is 0 Å². The van der Waals surface area contributed by atoms with Crippen LogP contribution in [0.25, 0.3) is 0 Å². The summed E-state index contributed by atoms with van der Waals surface area (Å²) in [4.78, 5) is 23.9. The molecule has 0 bridgehead atoms. The minimum absolute atomic E-state index is 0.289. The highest BCUT2D eigenvalue weighted by Crippen LogP contribution is 2.23. The topological polar surface area (TPSA) is 64.6 Å². The van der Waals surface area contributed by atoms with Crippen LogP contribution in [-0.4, -0.2) is 25.1 Å². The molecule has 1 amide bonds. The molecule has 1 N–H and O–H groups in total. The smallest absolute Gasteiger partial charge is 0.337 e. The van der Waals surface area contributed by atoms with Gasteiger partial charge in [0.25, 0.3) is 5.91 Å². The molecule has 6 heteroatoms. The summed E-state index contributed by atoms with van der Waals surface area (Å²) in [7, 11) is 1.32. The van der Waals surface area contributed by atoms with Crippen LogP contribution in [0.5, 0.6) is 5.75 Å². The van der Waals surface area contributed by atoms with Crippen LogP contribution in [0.4, 0.5) is 5.69 Å². The third-order valence-electron chi connectivity index (χ3n) is 3.72. The summed E-state index contributed by atoms with van der Waals surface area (Å²) in [5, 5.41) is 3.42. The van der Waals surface area contributed by atoms with Crippen molar-refractivity contribution in [3.8, 4) is 5.75 Å². The third kappa shape index (κ3) is 4.73. The number of halogens is 1. The fraction of sp³-hybridized carbons (Fsp3) is 0.263. The van der Waals surface area contributed by atoms with E-state index in [1.165, 1.54) is 7.11 Å². The van der Waals surface area contributed by atoms with Crippen molar-refractivity contribution in [2.75, 3.05) is 12.4 Å². The summed E-state index contributed by atoms with van der Waals surface area (Å²) in [6.45, 7) is 5.33. The largest absolute Gasteiger partial charge is 0.481 e. The number of carbonyl (C=O) groups is 2. The highest BCUT2D eigenvalue weighted by atomic mass is 35.5. The quantitative estimate of drug-likeness (QED) is 0.812. The van der Waals surface area contributed by atoms with Gasteiger partial charge in [0.2, 0.25) is 0 Å². The normalized spacial score (nSPS) is 11.6. The zero-order valence-electron chi connectivity index (χ0n) is 14.6. The van der Waals surface area contributed by atoms with E-state index in [0.29, 0.717) is 22.0 Å². The first-order valence-electron chi connectivity index (χ1n) is 7.74. The van der Waals surface area contributed by atoms with Gasteiger partial charge in [-0.1, -0.05) is 11.6 Å². The van der Waals surface area contributed by atoms with Gasteiger partial charge >= 0.3 is 5.97 Å². The predicted molar refractivity (Wildman–Crippen MR) is 97.4 cm³/mol. The lowest BCUT2D eigenvalue weighted by Crippen LogP contribution is -2.30. The summed E-state index contributed by atoms with van der Waals surface area (Å²) in [5.74, 6) is -0.107. The highest BCUT2D eigenvalue weighted by molar-refractivity contribution is 6.30. The second-order valence-electron chi connectivity index (χ2n) is 5.68. The molecule has 0 fully saturated rings. The van der Waals surface area contributed by atoms with Crippen LogP contribution in [-0.2, 0) is 9.53 Å². The number of hydrogen-bond donors (Lipinski definition) is 1. The zero-order chi connectivity index (χ0) is 18.6. The van der Waals surface area contributed by atoms with Crippen molar-refractivity contribution in [1.29, 1.82) is 0 Å². The predicted octanol–water partition coefficient (Wildman–Crippen LogP) is 4.15. The summed E-state index contributed by atoms with van der Waals surface area (Å²) in [5.41, 5.74) is 2.65. The third-order valence-corrected chi connectivity index (χ3v) is 3.95. The van der Waals surface area contributed by atoms with Crippen molar-refractivity contribution in [3.05, 3.63) is 58.1 Å². The second kappa shape index (κ2) is 8.03. The molecule has 2 rings (SSSR count). The number of carbonyl (C=O) groups excluding carboxylic acids is 2. The van der Waals surface area contributed by atoms with E-state index in [1.807, 2.05) is 6.92 Å². The van der Waals surface area contributed by atoms with Gasteiger partial charge in [-0.3, -0.25) is 4.79 Å². The van der Waals surface area contributed by atoms with Crippen LogP contribution in [0.3, 0.4) is 0 Å². The van der Waals surface area contributed by atoms with Gasteiger partial charge in [-0.05, 0) is 68.3 Å². The van der Waals surface area contributed by atoms with Crippen molar-refractivity contribution in [3.63, 3.8) is 0 Å². The summed E-state index contributed by atoms with van der Waals surface area (Å²) in [6, 6.07) is 10.2. The lowest BCUT2D eigenvalue weighted by molar-refractivity contribution is -0.122. The van der Waals surface area contributed by atoms with Crippen LogP contribution >= 0.6 is 11.6 Å². The van der Waals surface area contributed by atoms with E-state index in [1.54, 1.807) is 50.2 Å². The fourth-order valence-corrected chi connectivity index (χ4v) is 2.50. The van der Waals surface area contributed by atoms with E-state index in [0.717, 1.165) is 11.1 Å². The molecule has 0 radical (unpaired) electrons. The fourth-order valence-electron chi connectivity index (χ4n) is 2.27. The molecule has 2 aromatic carbocycles.